The first kappa shape index (κ1) is 15.5. The normalized spacial score (nSPS) is 29.7. The number of nitrogens with zero attached hydrogens (tertiary/aromatic N) is 2. The molecule has 4 heterocycles. The van der Waals surface area contributed by atoms with Gasteiger partial charge in [-0.25, -0.2) is 0 Å². The highest BCUT2D eigenvalue weighted by molar-refractivity contribution is 7.11. The summed E-state index contributed by atoms with van der Waals surface area (Å²) in [5, 5.41) is 3.84. The third-order valence-corrected chi connectivity index (χ3v) is 6.18. The van der Waals surface area contributed by atoms with Crippen LogP contribution < -0.4 is 5.32 Å². The molecule has 3 saturated heterocycles. The summed E-state index contributed by atoms with van der Waals surface area (Å²) in [6.45, 7) is 12.0. The number of rotatable bonds is 7. The van der Waals surface area contributed by atoms with Crippen LogP contribution in [0.5, 0.6) is 0 Å². The van der Waals surface area contributed by atoms with Crippen molar-refractivity contribution in [1.82, 2.24) is 15.1 Å². The summed E-state index contributed by atoms with van der Waals surface area (Å²) in [4.78, 5) is 8.45. The first-order valence-corrected chi connectivity index (χ1v) is 9.39. The van der Waals surface area contributed by atoms with E-state index in [0.29, 0.717) is 12.1 Å². The summed E-state index contributed by atoms with van der Waals surface area (Å²) < 4.78 is 0. The number of hydrogen-bond acceptors (Lipinski definition) is 4. The molecule has 0 saturated carbocycles. The molecule has 1 aromatic rings. The predicted molar refractivity (Wildman–Crippen MR) is 91.3 cm³/mol. The van der Waals surface area contributed by atoms with Crippen LogP contribution in [0.15, 0.2) is 12.1 Å². The van der Waals surface area contributed by atoms with Crippen LogP contribution in [0.25, 0.3) is 0 Å². The van der Waals surface area contributed by atoms with Crippen molar-refractivity contribution < 1.29 is 0 Å². The van der Waals surface area contributed by atoms with Crippen molar-refractivity contribution in [2.24, 2.45) is 0 Å². The summed E-state index contributed by atoms with van der Waals surface area (Å²) in [5.74, 6) is 0. The number of fused-ring (bicyclic) bond motifs is 3. The van der Waals surface area contributed by atoms with Crippen LogP contribution in [0.1, 0.15) is 30.0 Å². The molecule has 1 N–H and O–H groups in total. The maximum atomic E-state index is 3.84. The quantitative estimate of drug-likeness (QED) is 0.833. The van der Waals surface area contributed by atoms with E-state index in [4.69, 9.17) is 0 Å². The highest BCUT2D eigenvalue weighted by Gasteiger charge is 2.36. The van der Waals surface area contributed by atoms with Gasteiger partial charge in [0.2, 0.25) is 0 Å². The number of nitrogens with one attached hydrogen (secondary N) is 1. The molecule has 0 spiro atoms. The smallest absolute Gasteiger partial charge is 0.0381 e. The molecule has 0 aromatic carbocycles. The fourth-order valence-corrected chi connectivity index (χ4v) is 4.67. The van der Waals surface area contributed by atoms with Gasteiger partial charge in [-0.15, -0.1) is 11.3 Å². The van der Waals surface area contributed by atoms with Crippen molar-refractivity contribution in [3.05, 3.63) is 21.9 Å². The van der Waals surface area contributed by atoms with E-state index in [0.717, 1.165) is 6.54 Å². The topological polar surface area (TPSA) is 18.5 Å². The Labute approximate surface area is 133 Å². The maximum Gasteiger partial charge on any atom is 0.0381 e. The molecule has 4 heteroatoms. The van der Waals surface area contributed by atoms with Crippen LogP contribution in [-0.4, -0.2) is 61.2 Å². The van der Waals surface area contributed by atoms with Crippen molar-refractivity contribution in [3.8, 4) is 0 Å². The summed E-state index contributed by atoms with van der Waals surface area (Å²) in [6.07, 6.45) is 3.58. The Morgan fingerprint density at radius 2 is 1.95 bits per heavy atom. The van der Waals surface area contributed by atoms with Crippen LogP contribution >= 0.6 is 11.3 Å². The third kappa shape index (κ3) is 3.67. The fourth-order valence-electron chi connectivity index (χ4n) is 3.65. The Morgan fingerprint density at radius 1 is 1.19 bits per heavy atom. The number of piperazine rings is 3. The van der Waals surface area contributed by atoms with E-state index in [1.807, 2.05) is 11.3 Å². The van der Waals surface area contributed by atoms with Crippen LogP contribution in [0.2, 0.25) is 0 Å². The lowest BCUT2D eigenvalue weighted by Crippen LogP contribution is -2.66. The van der Waals surface area contributed by atoms with Crippen LogP contribution in [0, 0.1) is 0 Å². The second-order valence-electron chi connectivity index (χ2n) is 6.39. The minimum Gasteiger partial charge on any atom is -0.312 e. The second-order valence-corrected chi connectivity index (χ2v) is 7.64. The summed E-state index contributed by atoms with van der Waals surface area (Å²) in [5.41, 5.74) is 0. The molecule has 118 valence electrons. The van der Waals surface area contributed by atoms with Gasteiger partial charge in [-0.3, -0.25) is 9.80 Å². The fraction of sp³-hybridized carbons (Fsp3) is 0.765. The lowest BCUT2D eigenvalue weighted by Gasteiger charge is -2.50. The standard InChI is InChI=1S/C17H29N3S/c1-3-7-18-16(12-15-6-5-14(4-2)21-15)17-13-19-8-10-20(17)11-9-19/h5-6,16-18H,3-4,7-13H2,1-2H3. The largest absolute Gasteiger partial charge is 0.312 e. The van der Waals surface area contributed by atoms with Gasteiger partial charge in [-0.1, -0.05) is 13.8 Å². The minimum atomic E-state index is 0.608. The molecule has 2 unspecified atom stereocenters. The zero-order valence-electron chi connectivity index (χ0n) is 13.5. The van der Waals surface area contributed by atoms with E-state index in [1.165, 1.54) is 56.9 Å². The number of hydrogen-bond donors (Lipinski definition) is 1. The van der Waals surface area contributed by atoms with Gasteiger partial charge in [0.05, 0.1) is 0 Å². The molecule has 0 aliphatic carbocycles. The molecule has 1 aromatic heterocycles. The molecular formula is C17H29N3S. The van der Waals surface area contributed by atoms with Crippen LogP contribution in [0.3, 0.4) is 0 Å². The molecule has 3 fully saturated rings. The van der Waals surface area contributed by atoms with Gasteiger partial charge in [0.1, 0.15) is 0 Å². The van der Waals surface area contributed by atoms with Crippen molar-refractivity contribution in [2.45, 2.75) is 45.2 Å². The molecule has 3 nitrogen and oxygen atoms in total. The molecule has 0 amide bonds. The van der Waals surface area contributed by atoms with Gasteiger partial charge in [-0.05, 0) is 37.9 Å². The van der Waals surface area contributed by atoms with Gasteiger partial charge in [0, 0.05) is 54.6 Å². The average molecular weight is 308 g/mol. The lowest BCUT2D eigenvalue weighted by atomic mass is 9.97. The minimum absolute atomic E-state index is 0.608. The van der Waals surface area contributed by atoms with E-state index in [2.05, 4.69) is 41.1 Å². The Kier molecular flexibility index (Phi) is 5.33. The Hall–Kier alpha value is -0.420. The van der Waals surface area contributed by atoms with Gasteiger partial charge in [0.15, 0.2) is 0 Å². The van der Waals surface area contributed by atoms with Gasteiger partial charge in [0.25, 0.3) is 0 Å². The van der Waals surface area contributed by atoms with Crippen molar-refractivity contribution >= 4 is 11.3 Å². The van der Waals surface area contributed by atoms with Crippen molar-refractivity contribution in [2.75, 3.05) is 39.3 Å². The molecule has 4 rings (SSSR count). The molecule has 3 aliphatic heterocycles. The zero-order valence-corrected chi connectivity index (χ0v) is 14.3. The average Bonchev–Trinajstić information content (AvgIpc) is 3.00. The third-order valence-electron chi connectivity index (χ3n) is 4.93. The summed E-state index contributed by atoms with van der Waals surface area (Å²) in [7, 11) is 0. The first-order valence-electron chi connectivity index (χ1n) is 8.57. The van der Waals surface area contributed by atoms with Crippen LogP contribution in [-0.2, 0) is 12.8 Å². The molecule has 2 bridgehead atoms. The molecular weight excluding hydrogens is 278 g/mol. The second kappa shape index (κ2) is 7.23. The van der Waals surface area contributed by atoms with Crippen molar-refractivity contribution in [3.63, 3.8) is 0 Å². The van der Waals surface area contributed by atoms with E-state index in [-0.39, 0.29) is 0 Å². The SMILES string of the molecule is CCCNC(Cc1ccc(CC)s1)C1CN2CCN1CC2. The van der Waals surface area contributed by atoms with E-state index in [1.54, 1.807) is 4.88 Å². The summed E-state index contributed by atoms with van der Waals surface area (Å²) >= 11 is 2.01. The van der Waals surface area contributed by atoms with E-state index >= 15 is 0 Å². The molecule has 2 atom stereocenters. The van der Waals surface area contributed by atoms with Gasteiger partial charge >= 0.3 is 0 Å². The summed E-state index contributed by atoms with van der Waals surface area (Å²) in [6, 6.07) is 5.97. The number of aryl methyl sites for hydroxylation is 1. The van der Waals surface area contributed by atoms with Crippen molar-refractivity contribution in [1.29, 1.82) is 0 Å². The highest BCUT2D eigenvalue weighted by Crippen LogP contribution is 2.24. The van der Waals surface area contributed by atoms with Gasteiger partial charge in [-0.2, -0.15) is 0 Å². The molecule has 0 radical (unpaired) electrons. The molecule has 21 heavy (non-hydrogen) atoms. The zero-order chi connectivity index (χ0) is 14.7. The predicted octanol–water partition coefficient (Wildman–Crippen LogP) is 2.22. The van der Waals surface area contributed by atoms with E-state index < -0.39 is 0 Å². The van der Waals surface area contributed by atoms with E-state index in [9.17, 15) is 0 Å². The monoisotopic (exact) mass is 307 g/mol. The molecule has 3 aliphatic rings. The Morgan fingerprint density at radius 3 is 2.52 bits per heavy atom. The maximum absolute atomic E-state index is 3.84. The van der Waals surface area contributed by atoms with Crippen LogP contribution in [0.4, 0.5) is 0 Å². The Bertz CT molecular complexity index is 437. The Balaban J connectivity index is 1.68. The highest BCUT2D eigenvalue weighted by atomic mass is 32.1. The lowest BCUT2D eigenvalue weighted by molar-refractivity contribution is -0.00298. The number of thiophene rings is 1. The first-order chi connectivity index (χ1) is 10.3. The van der Waals surface area contributed by atoms with Gasteiger partial charge < -0.3 is 5.32 Å².